The van der Waals surface area contributed by atoms with Gasteiger partial charge in [-0.25, -0.2) is 0 Å². The third kappa shape index (κ3) is 5.51. The number of thiophene rings is 1. The Morgan fingerprint density at radius 2 is 2.00 bits per heavy atom. The van der Waals surface area contributed by atoms with Gasteiger partial charge in [0.1, 0.15) is 0 Å². The van der Waals surface area contributed by atoms with Gasteiger partial charge in [0.05, 0.1) is 3.79 Å². The molecule has 0 atom stereocenters. The summed E-state index contributed by atoms with van der Waals surface area (Å²) in [6.45, 7) is 12.0. The number of hydrogen-bond acceptors (Lipinski definition) is 3. The highest BCUT2D eigenvalue weighted by Gasteiger charge is 2.21. The van der Waals surface area contributed by atoms with Crippen LogP contribution in [0.2, 0.25) is 0 Å². The summed E-state index contributed by atoms with van der Waals surface area (Å²) in [5, 5.41) is 6.93. The molecule has 0 saturated carbocycles. The Bertz CT molecular complexity index is 334. The molecule has 1 rings (SSSR count). The summed E-state index contributed by atoms with van der Waals surface area (Å²) in [4.78, 5) is 1.42. The molecule has 4 heteroatoms. The highest BCUT2D eigenvalue weighted by Crippen LogP contribution is 2.32. The molecule has 2 N–H and O–H groups in total. The van der Waals surface area contributed by atoms with Gasteiger partial charge in [0.2, 0.25) is 0 Å². The van der Waals surface area contributed by atoms with Gasteiger partial charge >= 0.3 is 0 Å². The predicted molar refractivity (Wildman–Crippen MR) is 81.1 cm³/mol. The molecule has 0 aliphatic carbocycles. The van der Waals surface area contributed by atoms with E-state index in [2.05, 4.69) is 66.4 Å². The van der Waals surface area contributed by atoms with Crippen molar-refractivity contribution in [2.24, 2.45) is 0 Å². The Balaban J connectivity index is 2.30. The van der Waals surface area contributed by atoms with Gasteiger partial charge in [-0.15, -0.1) is 11.3 Å². The second-order valence-corrected chi connectivity index (χ2v) is 7.74. The second-order valence-electron chi connectivity index (χ2n) is 5.27. The lowest BCUT2D eigenvalue weighted by molar-refractivity contribution is 0.465. The first-order chi connectivity index (χ1) is 7.92. The molecule has 0 bridgehead atoms. The van der Waals surface area contributed by atoms with Crippen LogP contribution in [0.3, 0.4) is 0 Å². The van der Waals surface area contributed by atoms with Gasteiger partial charge in [-0.05, 0) is 28.1 Å². The van der Waals surface area contributed by atoms with E-state index in [1.165, 1.54) is 8.66 Å². The van der Waals surface area contributed by atoms with E-state index in [9.17, 15) is 0 Å². The van der Waals surface area contributed by atoms with Crippen molar-refractivity contribution in [2.45, 2.75) is 39.2 Å². The molecule has 17 heavy (non-hydrogen) atoms. The number of nitrogens with one attached hydrogen (secondary N) is 2. The van der Waals surface area contributed by atoms with Crippen LogP contribution < -0.4 is 10.6 Å². The van der Waals surface area contributed by atoms with Crippen molar-refractivity contribution in [1.29, 1.82) is 0 Å². The minimum Gasteiger partial charge on any atom is -0.315 e. The van der Waals surface area contributed by atoms with Crippen LogP contribution in [0.5, 0.6) is 0 Å². The van der Waals surface area contributed by atoms with E-state index in [-0.39, 0.29) is 5.41 Å². The largest absolute Gasteiger partial charge is 0.315 e. The molecule has 0 aromatic carbocycles. The number of halogens is 1. The molecule has 0 aliphatic rings. The Morgan fingerprint density at radius 1 is 1.29 bits per heavy atom. The summed E-state index contributed by atoms with van der Waals surface area (Å²) in [5.41, 5.74) is 0.203. The number of rotatable bonds is 7. The monoisotopic (exact) mass is 318 g/mol. The summed E-state index contributed by atoms with van der Waals surface area (Å²) < 4.78 is 1.21. The van der Waals surface area contributed by atoms with Crippen LogP contribution in [0, 0.1) is 0 Å². The van der Waals surface area contributed by atoms with Crippen molar-refractivity contribution < 1.29 is 0 Å². The van der Waals surface area contributed by atoms with Gasteiger partial charge in [0.25, 0.3) is 0 Å². The molecule has 1 heterocycles. The van der Waals surface area contributed by atoms with Crippen molar-refractivity contribution in [1.82, 2.24) is 10.6 Å². The van der Waals surface area contributed by atoms with Gasteiger partial charge in [0, 0.05) is 36.0 Å². The maximum absolute atomic E-state index is 3.52. The maximum Gasteiger partial charge on any atom is 0.0701 e. The van der Waals surface area contributed by atoms with Crippen molar-refractivity contribution in [3.8, 4) is 0 Å². The molecule has 1 aromatic rings. The Kier molecular flexibility index (Phi) is 6.13. The molecule has 0 aliphatic heterocycles. The van der Waals surface area contributed by atoms with Crippen LogP contribution in [0.1, 0.15) is 32.6 Å². The molecule has 0 saturated heterocycles. The lowest BCUT2D eigenvalue weighted by Gasteiger charge is -2.24. The van der Waals surface area contributed by atoms with E-state index in [0.29, 0.717) is 6.04 Å². The first-order valence-corrected chi connectivity index (χ1v) is 7.72. The van der Waals surface area contributed by atoms with Crippen molar-refractivity contribution in [3.05, 3.63) is 20.8 Å². The third-order valence-electron chi connectivity index (χ3n) is 2.66. The highest BCUT2D eigenvalue weighted by atomic mass is 79.9. The normalized spacial score (nSPS) is 12.4. The minimum atomic E-state index is 0.203. The maximum atomic E-state index is 3.52. The van der Waals surface area contributed by atoms with Crippen molar-refractivity contribution >= 4 is 27.3 Å². The molecule has 0 spiro atoms. The first-order valence-electron chi connectivity index (χ1n) is 6.12. The van der Waals surface area contributed by atoms with Crippen LogP contribution >= 0.6 is 27.3 Å². The molecule has 0 fully saturated rings. The molecule has 98 valence electrons. The molecular formula is C13H23BrN2S. The second kappa shape index (κ2) is 6.88. The van der Waals surface area contributed by atoms with E-state index < -0.39 is 0 Å². The third-order valence-corrected chi connectivity index (χ3v) is 4.65. The zero-order valence-corrected chi connectivity index (χ0v) is 13.5. The SMILES string of the molecule is CC(C)NCCNCC(C)(C)c1ccc(Br)s1. The lowest BCUT2D eigenvalue weighted by atomic mass is 9.91. The van der Waals surface area contributed by atoms with Crippen LogP contribution in [-0.2, 0) is 5.41 Å². The molecular weight excluding hydrogens is 296 g/mol. The summed E-state index contributed by atoms with van der Waals surface area (Å²) in [6.07, 6.45) is 0. The Hall–Kier alpha value is 0.1000. The molecule has 2 nitrogen and oxygen atoms in total. The van der Waals surface area contributed by atoms with Gasteiger partial charge in [-0.3, -0.25) is 0 Å². The van der Waals surface area contributed by atoms with Crippen LogP contribution in [0.25, 0.3) is 0 Å². The fraction of sp³-hybridized carbons (Fsp3) is 0.692. The van der Waals surface area contributed by atoms with E-state index in [1.807, 2.05) is 11.3 Å². The lowest BCUT2D eigenvalue weighted by Crippen LogP contribution is -2.37. The van der Waals surface area contributed by atoms with Gasteiger partial charge in [0.15, 0.2) is 0 Å². The first kappa shape index (κ1) is 15.2. The van der Waals surface area contributed by atoms with Gasteiger partial charge in [-0.2, -0.15) is 0 Å². The van der Waals surface area contributed by atoms with Crippen LogP contribution in [0.15, 0.2) is 15.9 Å². The van der Waals surface area contributed by atoms with Crippen molar-refractivity contribution in [3.63, 3.8) is 0 Å². The standard InChI is InChI=1S/C13H23BrN2S/c1-10(2)16-8-7-15-9-13(3,4)11-5-6-12(14)17-11/h5-6,10,15-16H,7-9H2,1-4H3. The van der Waals surface area contributed by atoms with E-state index >= 15 is 0 Å². The van der Waals surface area contributed by atoms with E-state index in [0.717, 1.165) is 19.6 Å². The zero-order valence-electron chi connectivity index (χ0n) is 11.1. The van der Waals surface area contributed by atoms with Crippen molar-refractivity contribution in [2.75, 3.05) is 19.6 Å². The molecule has 1 aromatic heterocycles. The Labute approximate surface area is 117 Å². The van der Waals surface area contributed by atoms with Crippen LogP contribution in [0.4, 0.5) is 0 Å². The predicted octanol–water partition coefficient (Wildman–Crippen LogP) is 3.38. The smallest absolute Gasteiger partial charge is 0.0701 e. The average molecular weight is 319 g/mol. The highest BCUT2D eigenvalue weighted by molar-refractivity contribution is 9.11. The Morgan fingerprint density at radius 3 is 2.53 bits per heavy atom. The summed E-state index contributed by atoms with van der Waals surface area (Å²) in [5.74, 6) is 0. The fourth-order valence-electron chi connectivity index (χ4n) is 1.62. The minimum absolute atomic E-state index is 0.203. The van der Waals surface area contributed by atoms with E-state index in [1.54, 1.807) is 0 Å². The topological polar surface area (TPSA) is 24.1 Å². The summed E-state index contributed by atoms with van der Waals surface area (Å²) >= 11 is 5.35. The fourth-order valence-corrected chi connectivity index (χ4v) is 3.10. The summed E-state index contributed by atoms with van der Waals surface area (Å²) in [6, 6.07) is 4.91. The molecule has 0 radical (unpaired) electrons. The van der Waals surface area contributed by atoms with E-state index in [4.69, 9.17) is 0 Å². The molecule has 0 amide bonds. The quantitative estimate of drug-likeness (QED) is 0.753. The average Bonchev–Trinajstić information content (AvgIpc) is 2.64. The zero-order chi connectivity index (χ0) is 12.9. The van der Waals surface area contributed by atoms with Gasteiger partial charge < -0.3 is 10.6 Å². The summed E-state index contributed by atoms with van der Waals surface area (Å²) in [7, 11) is 0. The number of hydrogen-bond donors (Lipinski definition) is 2. The van der Waals surface area contributed by atoms with Crippen LogP contribution in [-0.4, -0.2) is 25.7 Å². The molecule has 0 unspecified atom stereocenters. The van der Waals surface area contributed by atoms with Gasteiger partial charge in [-0.1, -0.05) is 27.7 Å².